The number of rotatable bonds is 10. The van der Waals surface area contributed by atoms with Crippen LogP contribution in [0.25, 0.3) is 0 Å². The maximum absolute atomic E-state index is 12.2. The van der Waals surface area contributed by atoms with Gasteiger partial charge < -0.3 is 16.0 Å². The van der Waals surface area contributed by atoms with E-state index >= 15 is 0 Å². The molecule has 2 amide bonds. The first-order chi connectivity index (χ1) is 10.6. The van der Waals surface area contributed by atoms with E-state index in [-0.39, 0.29) is 24.1 Å². The lowest BCUT2D eigenvalue weighted by Crippen LogP contribution is -2.35. The second kappa shape index (κ2) is 9.68. The largest absolute Gasteiger partial charge is 0.375 e. The highest BCUT2D eigenvalue weighted by atomic mass is 32.2. The molecule has 0 aliphatic rings. The molecule has 6 heteroatoms. The first kappa shape index (κ1) is 17.8. The fourth-order valence-corrected chi connectivity index (χ4v) is 2.53. The lowest BCUT2D eigenvalue weighted by Gasteiger charge is -2.20. The Morgan fingerprint density at radius 1 is 1.23 bits per heavy atom. The molecule has 118 valence electrons. The topological polar surface area (TPSA) is 75.4 Å². The van der Waals surface area contributed by atoms with Crippen LogP contribution in [0.3, 0.4) is 0 Å². The Hall–Kier alpha value is -2.21. The summed E-state index contributed by atoms with van der Waals surface area (Å²) in [7, 11) is 0. The molecule has 0 saturated carbocycles. The molecule has 0 aliphatic heterocycles. The van der Waals surface area contributed by atoms with Gasteiger partial charge in [0.25, 0.3) is 0 Å². The van der Waals surface area contributed by atoms with Gasteiger partial charge >= 0.3 is 0 Å². The Balaban J connectivity index is 2.66. The van der Waals surface area contributed by atoms with Gasteiger partial charge in [-0.25, -0.2) is 0 Å². The zero-order chi connectivity index (χ0) is 16.4. The zero-order valence-electron chi connectivity index (χ0n) is 12.5. The summed E-state index contributed by atoms with van der Waals surface area (Å²) in [6.45, 7) is 8.40. The van der Waals surface area contributed by atoms with Crippen molar-refractivity contribution in [2.75, 3.05) is 30.7 Å². The summed E-state index contributed by atoms with van der Waals surface area (Å²) < 4.78 is 0. The molecule has 0 atom stereocenters. The highest BCUT2D eigenvalue weighted by Gasteiger charge is 2.11. The molecule has 0 aromatic heterocycles. The molecule has 0 bridgehead atoms. The maximum atomic E-state index is 12.2. The number of thioether (sulfide) groups is 1. The van der Waals surface area contributed by atoms with Crippen molar-refractivity contribution in [3.05, 3.63) is 49.6 Å². The number of hydrogen-bond acceptors (Lipinski definition) is 4. The quantitative estimate of drug-likeness (QED) is 0.510. The van der Waals surface area contributed by atoms with Crippen LogP contribution in [0.2, 0.25) is 0 Å². The van der Waals surface area contributed by atoms with Crippen molar-refractivity contribution in [1.29, 1.82) is 0 Å². The van der Waals surface area contributed by atoms with Gasteiger partial charge in [0.1, 0.15) is 0 Å². The lowest BCUT2D eigenvalue weighted by atomic mass is 10.3. The standard InChI is InChI=1S/C16H21N3O2S/c1-3-9-19(10-4-2)16(21)11-18-13-7-5-6-8-14(13)22-12-15(17)20/h3-8,18H,1-2,9-12H2,(H2,17,20). The molecule has 0 aliphatic carbocycles. The molecule has 0 fully saturated rings. The predicted molar refractivity (Wildman–Crippen MR) is 91.8 cm³/mol. The van der Waals surface area contributed by atoms with Crippen molar-refractivity contribution < 1.29 is 9.59 Å². The number of hydrogen-bond donors (Lipinski definition) is 2. The number of anilines is 1. The Kier molecular flexibility index (Phi) is 7.85. The van der Waals surface area contributed by atoms with E-state index in [1.807, 2.05) is 24.3 Å². The molecular weight excluding hydrogens is 298 g/mol. The number of benzene rings is 1. The van der Waals surface area contributed by atoms with Crippen LogP contribution in [-0.2, 0) is 9.59 Å². The molecule has 1 aromatic rings. The van der Waals surface area contributed by atoms with Gasteiger partial charge in [0, 0.05) is 23.7 Å². The van der Waals surface area contributed by atoms with Crippen LogP contribution in [0.5, 0.6) is 0 Å². The van der Waals surface area contributed by atoms with Crippen LogP contribution < -0.4 is 11.1 Å². The minimum Gasteiger partial charge on any atom is -0.375 e. The number of nitrogens with one attached hydrogen (secondary N) is 1. The molecule has 0 unspecified atom stereocenters. The highest BCUT2D eigenvalue weighted by Crippen LogP contribution is 2.26. The molecule has 22 heavy (non-hydrogen) atoms. The van der Waals surface area contributed by atoms with Crippen LogP contribution in [-0.4, -0.2) is 42.1 Å². The number of carbonyl (C=O) groups excluding carboxylic acids is 2. The predicted octanol–water partition coefficient (Wildman–Crippen LogP) is 1.88. The van der Waals surface area contributed by atoms with Gasteiger partial charge in [-0.05, 0) is 12.1 Å². The van der Waals surface area contributed by atoms with E-state index in [1.54, 1.807) is 17.1 Å². The van der Waals surface area contributed by atoms with E-state index in [9.17, 15) is 9.59 Å². The normalized spacial score (nSPS) is 9.82. The fourth-order valence-electron chi connectivity index (χ4n) is 1.76. The minimum absolute atomic E-state index is 0.0468. The fraction of sp³-hybridized carbons (Fsp3) is 0.250. The van der Waals surface area contributed by atoms with E-state index < -0.39 is 0 Å². The summed E-state index contributed by atoms with van der Waals surface area (Å²) >= 11 is 1.34. The van der Waals surface area contributed by atoms with Crippen LogP contribution in [0.15, 0.2) is 54.5 Å². The minimum atomic E-state index is -0.376. The molecule has 0 spiro atoms. The van der Waals surface area contributed by atoms with E-state index in [0.29, 0.717) is 13.1 Å². The van der Waals surface area contributed by atoms with Crippen LogP contribution in [0, 0.1) is 0 Å². The molecule has 3 N–H and O–H groups in total. The average molecular weight is 319 g/mol. The molecule has 0 heterocycles. The van der Waals surface area contributed by atoms with Gasteiger partial charge in [-0.15, -0.1) is 24.9 Å². The van der Waals surface area contributed by atoms with Crippen LogP contribution >= 0.6 is 11.8 Å². The van der Waals surface area contributed by atoms with Crippen molar-refractivity contribution in [2.45, 2.75) is 4.90 Å². The summed E-state index contributed by atoms with van der Waals surface area (Å²) in [6, 6.07) is 7.48. The van der Waals surface area contributed by atoms with Crippen molar-refractivity contribution in [2.24, 2.45) is 5.73 Å². The van der Waals surface area contributed by atoms with E-state index in [0.717, 1.165) is 10.6 Å². The molecule has 5 nitrogen and oxygen atoms in total. The van der Waals surface area contributed by atoms with Gasteiger partial charge in [0.2, 0.25) is 11.8 Å². The number of primary amides is 1. The summed E-state index contributed by atoms with van der Waals surface area (Å²) in [6.07, 6.45) is 3.36. The Labute approximate surface area is 135 Å². The third kappa shape index (κ3) is 6.05. The second-order valence-electron chi connectivity index (χ2n) is 4.48. The zero-order valence-corrected chi connectivity index (χ0v) is 13.3. The van der Waals surface area contributed by atoms with Crippen molar-refractivity contribution >= 4 is 29.3 Å². The first-order valence-corrected chi connectivity index (χ1v) is 7.80. The van der Waals surface area contributed by atoms with Gasteiger partial charge in [-0.3, -0.25) is 9.59 Å². The summed E-state index contributed by atoms with van der Waals surface area (Å²) in [4.78, 5) is 25.6. The second-order valence-corrected chi connectivity index (χ2v) is 5.50. The smallest absolute Gasteiger partial charge is 0.242 e. The SMILES string of the molecule is C=CCN(CC=C)C(=O)CNc1ccccc1SCC(N)=O. The van der Waals surface area contributed by atoms with Gasteiger partial charge in [0.05, 0.1) is 12.3 Å². The summed E-state index contributed by atoms with van der Waals surface area (Å²) in [5.41, 5.74) is 5.96. The average Bonchev–Trinajstić information content (AvgIpc) is 2.51. The molecule has 1 rings (SSSR count). The third-order valence-corrected chi connectivity index (χ3v) is 3.83. The highest BCUT2D eigenvalue weighted by molar-refractivity contribution is 8.00. The van der Waals surface area contributed by atoms with Crippen molar-refractivity contribution in [1.82, 2.24) is 4.90 Å². The number of carbonyl (C=O) groups is 2. The molecule has 1 aromatic carbocycles. The Morgan fingerprint density at radius 2 is 1.86 bits per heavy atom. The van der Waals surface area contributed by atoms with E-state index in [2.05, 4.69) is 18.5 Å². The number of amides is 2. The molecular formula is C16H21N3O2S. The monoisotopic (exact) mass is 319 g/mol. The van der Waals surface area contributed by atoms with E-state index in [1.165, 1.54) is 11.8 Å². The molecule has 0 saturated heterocycles. The Bertz CT molecular complexity index is 536. The maximum Gasteiger partial charge on any atom is 0.242 e. The number of para-hydroxylation sites is 1. The third-order valence-electron chi connectivity index (χ3n) is 2.74. The first-order valence-electron chi connectivity index (χ1n) is 6.82. The van der Waals surface area contributed by atoms with Gasteiger partial charge in [-0.1, -0.05) is 24.3 Å². The number of nitrogens with two attached hydrogens (primary N) is 1. The van der Waals surface area contributed by atoms with Gasteiger partial charge in [0.15, 0.2) is 0 Å². The Morgan fingerprint density at radius 3 is 2.45 bits per heavy atom. The van der Waals surface area contributed by atoms with Gasteiger partial charge in [-0.2, -0.15) is 0 Å². The van der Waals surface area contributed by atoms with E-state index in [4.69, 9.17) is 5.73 Å². The lowest BCUT2D eigenvalue weighted by molar-refractivity contribution is -0.128. The van der Waals surface area contributed by atoms with Crippen LogP contribution in [0.1, 0.15) is 0 Å². The summed E-state index contributed by atoms with van der Waals surface area (Å²) in [5, 5.41) is 3.10. The van der Waals surface area contributed by atoms with Crippen LogP contribution in [0.4, 0.5) is 5.69 Å². The van der Waals surface area contributed by atoms with Crippen molar-refractivity contribution in [3.8, 4) is 0 Å². The summed E-state index contributed by atoms with van der Waals surface area (Å²) in [5.74, 6) is -0.223. The molecule has 0 radical (unpaired) electrons. The number of nitrogens with zero attached hydrogens (tertiary/aromatic N) is 1. The van der Waals surface area contributed by atoms with Crippen molar-refractivity contribution in [3.63, 3.8) is 0 Å².